The molecule has 2 aliphatic carbocycles. The monoisotopic (exact) mass is 356 g/mol. The van der Waals surface area contributed by atoms with E-state index in [1.807, 2.05) is 12.1 Å². The summed E-state index contributed by atoms with van der Waals surface area (Å²) < 4.78 is 25.7. The standard InChI is InChI=1S/C21H21FO4/c22-20-9-8-17(26-16-2-1-3-16)11-18(20)13-4-6-15(7-5-13)25-12-14-10-19(14)21(23)24/h4-9,11,14,16,19H,1-3,10,12H2,(H,23,24)/t14-,19+/m0/s1. The van der Waals surface area contributed by atoms with Crippen LogP contribution in [-0.2, 0) is 4.79 Å². The summed E-state index contributed by atoms with van der Waals surface area (Å²) in [6, 6.07) is 12.0. The predicted molar refractivity (Wildman–Crippen MR) is 94.8 cm³/mol. The minimum absolute atomic E-state index is 0.0879. The van der Waals surface area contributed by atoms with E-state index in [-0.39, 0.29) is 23.8 Å². The fourth-order valence-electron chi connectivity index (χ4n) is 3.15. The molecule has 0 aliphatic heterocycles. The highest BCUT2D eigenvalue weighted by Crippen LogP contribution is 2.39. The van der Waals surface area contributed by atoms with Gasteiger partial charge in [0.1, 0.15) is 17.3 Å². The van der Waals surface area contributed by atoms with Crippen LogP contribution in [0.1, 0.15) is 25.7 Å². The second-order valence-corrected chi connectivity index (χ2v) is 7.09. The lowest BCUT2D eigenvalue weighted by Gasteiger charge is -2.26. The van der Waals surface area contributed by atoms with Crippen LogP contribution in [0.15, 0.2) is 42.5 Å². The second kappa shape index (κ2) is 6.98. The molecule has 4 nitrogen and oxygen atoms in total. The first-order valence-electron chi connectivity index (χ1n) is 9.02. The third kappa shape index (κ3) is 3.66. The van der Waals surface area contributed by atoms with Gasteiger partial charge in [0.25, 0.3) is 0 Å². The molecule has 0 heterocycles. The number of carbonyl (C=O) groups is 1. The van der Waals surface area contributed by atoms with Gasteiger partial charge in [-0.25, -0.2) is 4.39 Å². The summed E-state index contributed by atoms with van der Waals surface area (Å²) in [6.45, 7) is 0.398. The van der Waals surface area contributed by atoms with Crippen molar-refractivity contribution in [2.24, 2.45) is 11.8 Å². The number of carboxylic acids is 1. The van der Waals surface area contributed by atoms with Crippen molar-refractivity contribution < 1.29 is 23.8 Å². The summed E-state index contributed by atoms with van der Waals surface area (Å²) in [6.07, 6.45) is 4.23. The van der Waals surface area contributed by atoms with E-state index in [9.17, 15) is 9.18 Å². The molecule has 0 bridgehead atoms. The van der Waals surface area contributed by atoms with Gasteiger partial charge < -0.3 is 14.6 Å². The Hall–Kier alpha value is -2.56. The molecular weight excluding hydrogens is 335 g/mol. The van der Waals surface area contributed by atoms with Crippen LogP contribution in [0.4, 0.5) is 4.39 Å². The van der Waals surface area contributed by atoms with Crippen molar-refractivity contribution in [3.05, 3.63) is 48.3 Å². The Balaban J connectivity index is 1.41. The average molecular weight is 356 g/mol. The number of halogens is 1. The van der Waals surface area contributed by atoms with Gasteiger partial charge >= 0.3 is 5.97 Å². The van der Waals surface area contributed by atoms with E-state index in [1.165, 1.54) is 12.5 Å². The van der Waals surface area contributed by atoms with E-state index in [4.69, 9.17) is 14.6 Å². The quantitative estimate of drug-likeness (QED) is 0.792. The van der Waals surface area contributed by atoms with Crippen LogP contribution < -0.4 is 9.47 Å². The van der Waals surface area contributed by atoms with Crippen LogP contribution in [0.5, 0.6) is 11.5 Å². The number of ether oxygens (including phenoxy) is 2. The minimum Gasteiger partial charge on any atom is -0.493 e. The predicted octanol–water partition coefficient (Wildman–Crippen LogP) is 4.52. The number of carboxylic acid groups (broad SMARTS) is 1. The SMILES string of the molecule is O=C(O)[C@@H]1C[C@H]1COc1ccc(-c2cc(OC3CCC3)ccc2F)cc1. The van der Waals surface area contributed by atoms with Gasteiger partial charge in [0, 0.05) is 11.5 Å². The van der Waals surface area contributed by atoms with Gasteiger partial charge in [0.2, 0.25) is 0 Å². The Labute approximate surface area is 151 Å². The van der Waals surface area contributed by atoms with Crippen molar-refractivity contribution in [2.45, 2.75) is 31.8 Å². The maximum absolute atomic E-state index is 14.2. The maximum atomic E-state index is 14.2. The van der Waals surface area contributed by atoms with E-state index in [0.29, 0.717) is 30.1 Å². The molecule has 2 fully saturated rings. The molecule has 2 saturated carbocycles. The number of rotatable bonds is 7. The highest BCUT2D eigenvalue weighted by molar-refractivity contribution is 5.73. The topological polar surface area (TPSA) is 55.8 Å². The molecule has 2 aromatic rings. The van der Waals surface area contributed by atoms with E-state index in [2.05, 4.69) is 0 Å². The van der Waals surface area contributed by atoms with Gasteiger partial charge in [-0.2, -0.15) is 0 Å². The lowest BCUT2D eigenvalue weighted by molar-refractivity contribution is -0.138. The zero-order valence-corrected chi connectivity index (χ0v) is 14.4. The lowest BCUT2D eigenvalue weighted by atomic mass is 9.96. The molecule has 4 rings (SSSR count). The Bertz CT molecular complexity index is 798. The summed E-state index contributed by atoms with van der Waals surface area (Å²) in [5, 5.41) is 8.90. The molecule has 0 aromatic heterocycles. The van der Waals surface area contributed by atoms with E-state index < -0.39 is 5.97 Å². The third-order valence-corrected chi connectivity index (χ3v) is 5.16. The molecule has 26 heavy (non-hydrogen) atoms. The molecule has 1 N–H and O–H groups in total. The first-order chi connectivity index (χ1) is 12.6. The van der Waals surface area contributed by atoms with E-state index in [0.717, 1.165) is 18.4 Å². The molecule has 0 amide bonds. The van der Waals surface area contributed by atoms with E-state index >= 15 is 0 Å². The van der Waals surface area contributed by atoms with Crippen LogP contribution in [-0.4, -0.2) is 23.8 Å². The molecule has 2 aromatic carbocycles. The molecular formula is C21H21FO4. The minimum atomic E-state index is -0.756. The largest absolute Gasteiger partial charge is 0.493 e. The molecule has 0 saturated heterocycles. The zero-order valence-electron chi connectivity index (χ0n) is 14.4. The highest BCUT2D eigenvalue weighted by atomic mass is 19.1. The summed E-state index contributed by atoms with van der Waals surface area (Å²) in [5.74, 6) is 0.119. The van der Waals surface area contributed by atoms with Crippen molar-refractivity contribution in [2.75, 3.05) is 6.61 Å². The Morgan fingerprint density at radius 3 is 2.46 bits per heavy atom. The highest BCUT2D eigenvalue weighted by Gasteiger charge is 2.43. The van der Waals surface area contributed by atoms with Gasteiger partial charge in [-0.3, -0.25) is 4.79 Å². The normalized spacial score (nSPS) is 21.7. The van der Waals surface area contributed by atoms with Gasteiger partial charge in [-0.15, -0.1) is 0 Å². The molecule has 5 heteroatoms. The fraction of sp³-hybridized carbons (Fsp3) is 0.381. The van der Waals surface area contributed by atoms with Crippen LogP contribution in [0, 0.1) is 17.7 Å². The van der Waals surface area contributed by atoms with Crippen LogP contribution in [0.25, 0.3) is 11.1 Å². The van der Waals surface area contributed by atoms with Crippen molar-refractivity contribution in [1.29, 1.82) is 0 Å². The molecule has 2 aliphatic rings. The van der Waals surface area contributed by atoms with Crippen LogP contribution in [0.3, 0.4) is 0 Å². The Kier molecular flexibility index (Phi) is 4.53. The van der Waals surface area contributed by atoms with Crippen molar-refractivity contribution >= 4 is 5.97 Å². The zero-order chi connectivity index (χ0) is 18.1. The lowest BCUT2D eigenvalue weighted by Crippen LogP contribution is -2.24. The van der Waals surface area contributed by atoms with Gasteiger partial charge in [0.05, 0.1) is 18.6 Å². The van der Waals surface area contributed by atoms with Crippen molar-refractivity contribution in [3.63, 3.8) is 0 Å². The number of hydrogen-bond donors (Lipinski definition) is 1. The second-order valence-electron chi connectivity index (χ2n) is 7.09. The first-order valence-corrected chi connectivity index (χ1v) is 9.02. The molecule has 136 valence electrons. The maximum Gasteiger partial charge on any atom is 0.306 e. The average Bonchev–Trinajstić information content (AvgIpc) is 3.38. The fourth-order valence-corrected chi connectivity index (χ4v) is 3.15. The van der Waals surface area contributed by atoms with Crippen LogP contribution >= 0.6 is 0 Å². The molecule has 2 atom stereocenters. The van der Waals surface area contributed by atoms with Crippen molar-refractivity contribution in [3.8, 4) is 22.6 Å². The number of benzene rings is 2. The van der Waals surface area contributed by atoms with Gasteiger partial charge in [-0.1, -0.05) is 12.1 Å². The summed E-state index contributed by atoms with van der Waals surface area (Å²) in [7, 11) is 0. The Morgan fingerprint density at radius 1 is 1.12 bits per heavy atom. The van der Waals surface area contributed by atoms with Gasteiger partial charge in [0.15, 0.2) is 0 Å². The Morgan fingerprint density at radius 2 is 1.85 bits per heavy atom. The third-order valence-electron chi connectivity index (χ3n) is 5.16. The van der Waals surface area contributed by atoms with Gasteiger partial charge in [-0.05, 0) is 61.6 Å². The summed E-state index contributed by atoms with van der Waals surface area (Å²) in [5.41, 5.74) is 1.25. The van der Waals surface area contributed by atoms with Crippen molar-refractivity contribution in [1.82, 2.24) is 0 Å². The smallest absolute Gasteiger partial charge is 0.306 e. The number of hydrogen-bond acceptors (Lipinski definition) is 3. The number of aliphatic carboxylic acids is 1. The first kappa shape index (κ1) is 16.9. The van der Waals surface area contributed by atoms with Crippen LogP contribution in [0.2, 0.25) is 0 Å². The summed E-state index contributed by atoms with van der Waals surface area (Å²) in [4.78, 5) is 10.8. The molecule has 0 spiro atoms. The molecule has 0 unspecified atom stereocenters. The summed E-state index contributed by atoms with van der Waals surface area (Å²) >= 11 is 0. The van der Waals surface area contributed by atoms with E-state index in [1.54, 1.807) is 24.3 Å². The molecule has 0 radical (unpaired) electrons.